The summed E-state index contributed by atoms with van der Waals surface area (Å²) in [7, 11) is 0. The lowest BCUT2D eigenvalue weighted by Crippen LogP contribution is -2.38. The fourth-order valence-electron chi connectivity index (χ4n) is 3.67. The third kappa shape index (κ3) is 7.70. The molecule has 3 aromatic heterocycles. The summed E-state index contributed by atoms with van der Waals surface area (Å²) in [6.45, 7) is -1.17. The third-order valence-corrected chi connectivity index (χ3v) is 5.71. The van der Waals surface area contributed by atoms with Crippen molar-refractivity contribution in [1.29, 1.82) is 0 Å². The summed E-state index contributed by atoms with van der Waals surface area (Å²) in [4.78, 5) is 40.9. The van der Waals surface area contributed by atoms with E-state index in [1.807, 2.05) is 0 Å². The molecule has 0 aliphatic rings. The van der Waals surface area contributed by atoms with E-state index in [1.165, 1.54) is 41.2 Å². The molecule has 18 heteroatoms. The second kappa shape index (κ2) is 14.2. The van der Waals surface area contributed by atoms with Crippen molar-refractivity contribution in [3.05, 3.63) is 59.3 Å². The molecule has 13 nitrogen and oxygen atoms in total. The number of anilines is 2. The van der Waals surface area contributed by atoms with E-state index in [9.17, 15) is 27.2 Å². The van der Waals surface area contributed by atoms with E-state index in [2.05, 4.69) is 31.0 Å². The van der Waals surface area contributed by atoms with Gasteiger partial charge in [-0.2, -0.15) is 18.3 Å². The van der Waals surface area contributed by atoms with Crippen LogP contribution >= 0.6 is 11.6 Å². The Kier molecular flexibility index (Phi) is 10.8. The zero-order valence-electron chi connectivity index (χ0n) is 21.5. The molecule has 6 N–H and O–H groups in total. The van der Waals surface area contributed by atoms with Crippen LogP contribution in [0.15, 0.2) is 43.0 Å². The minimum atomic E-state index is -4.77. The lowest BCUT2D eigenvalue weighted by atomic mass is 10.2. The van der Waals surface area contributed by atoms with Crippen LogP contribution in [-0.2, 0) is 22.3 Å². The smallest absolute Gasteiger partial charge is 0.435 e. The number of hydrogen-bond donors (Lipinski definition) is 5. The Morgan fingerprint density at radius 3 is 2.57 bits per heavy atom. The number of rotatable bonds is 10. The first-order valence-corrected chi connectivity index (χ1v) is 12.3. The monoisotopic (exact) mass is 613 g/mol. The van der Waals surface area contributed by atoms with Crippen molar-refractivity contribution in [2.45, 2.75) is 12.7 Å². The van der Waals surface area contributed by atoms with Crippen LogP contribution in [0.4, 0.5) is 29.1 Å². The molecule has 0 atom stereocenters. The van der Waals surface area contributed by atoms with Gasteiger partial charge >= 0.3 is 6.18 Å². The molecule has 0 saturated heterocycles. The van der Waals surface area contributed by atoms with Crippen LogP contribution in [0.3, 0.4) is 0 Å². The topological polar surface area (TPSA) is 182 Å². The summed E-state index contributed by atoms with van der Waals surface area (Å²) in [5, 5.41) is 18.4. The molecule has 0 saturated carbocycles. The van der Waals surface area contributed by atoms with E-state index in [4.69, 9.17) is 27.2 Å². The molecular weight excluding hydrogens is 590 g/mol. The Morgan fingerprint density at radius 1 is 1.19 bits per heavy atom. The average Bonchev–Trinajstić information content (AvgIpc) is 3.56. The summed E-state index contributed by atoms with van der Waals surface area (Å²) in [5.41, 5.74) is 4.68. The normalized spacial score (nSPS) is 11.0. The number of alkyl halides is 4. The standard InChI is InChI=1S/C23H22ClF4N9O2.CH2O2/c24-16-9-13(1-2-14(16)22(39)33-11-18(38)30-5-4-29)34-20-21-32-10-17(37(21)8-6-31-20)15-12-36(7-3-25)35-19(15)23(26,27)28;2-1-3/h1-2,6,8-10,12H,3-5,7,11,29H2,(H,30,38)(H,31,34)(H,33,39);1H,(H,2,3). The van der Waals surface area contributed by atoms with Gasteiger partial charge in [0.15, 0.2) is 17.2 Å². The van der Waals surface area contributed by atoms with Gasteiger partial charge in [-0.05, 0) is 18.2 Å². The van der Waals surface area contributed by atoms with Crippen LogP contribution in [0, 0.1) is 0 Å². The molecule has 0 aliphatic carbocycles. The lowest BCUT2D eigenvalue weighted by Gasteiger charge is -2.11. The number of nitrogens with two attached hydrogens (primary N) is 1. The predicted molar refractivity (Wildman–Crippen MR) is 143 cm³/mol. The highest BCUT2D eigenvalue weighted by Crippen LogP contribution is 2.37. The van der Waals surface area contributed by atoms with Crippen molar-refractivity contribution in [3.63, 3.8) is 0 Å². The van der Waals surface area contributed by atoms with Crippen molar-refractivity contribution in [3.8, 4) is 11.3 Å². The van der Waals surface area contributed by atoms with Crippen molar-refractivity contribution < 1.29 is 37.1 Å². The maximum atomic E-state index is 13.6. The number of hydrogen-bond acceptors (Lipinski definition) is 8. The molecule has 4 aromatic rings. The van der Waals surface area contributed by atoms with E-state index < -0.39 is 30.4 Å². The third-order valence-electron chi connectivity index (χ3n) is 5.40. The molecule has 0 fully saturated rings. The number of amides is 2. The average molecular weight is 614 g/mol. The molecule has 0 unspecified atom stereocenters. The van der Waals surface area contributed by atoms with Crippen LogP contribution in [0.5, 0.6) is 0 Å². The van der Waals surface area contributed by atoms with Gasteiger partial charge in [-0.15, -0.1) is 0 Å². The molecule has 0 radical (unpaired) electrons. The molecule has 3 heterocycles. The summed E-state index contributed by atoms with van der Waals surface area (Å²) < 4.78 is 55.9. The summed E-state index contributed by atoms with van der Waals surface area (Å²) in [6.07, 6.45) is 0.371. The maximum Gasteiger partial charge on any atom is 0.435 e. The van der Waals surface area contributed by atoms with Gasteiger partial charge in [-0.3, -0.25) is 23.5 Å². The second-order valence-corrected chi connectivity index (χ2v) is 8.61. The van der Waals surface area contributed by atoms with E-state index in [1.54, 1.807) is 0 Å². The molecule has 0 aliphatic heterocycles. The van der Waals surface area contributed by atoms with Crippen molar-refractivity contribution in [2.24, 2.45) is 5.73 Å². The Hall–Kier alpha value is -4.77. The number of fused-ring (bicyclic) bond motifs is 1. The van der Waals surface area contributed by atoms with Crippen LogP contribution in [0.25, 0.3) is 16.9 Å². The predicted octanol–water partition coefficient (Wildman–Crippen LogP) is 2.48. The largest absolute Gasteiger partial charge is 0.483 e. The fourth-order valence-corrected chi connectivity index (χ4v) is 3.94. The van der Waals surface area contributed by atoms with Crippen LogP contribution in [-0.4, -0.2) is 73.9 Å². The highest BCUT2D eigenvalue weighted by molar-refractivity contribution is 6.34. The molecular formula is C24H24ClF4N9O4. The van der Waals surface area contributed by atoms with Crippen molar-refractivity contribution in [2.75, 3.05) is 31.6 Å². The fraction of sp³-hybridized carbons (Fsp3) is 0.250. The number of aryl methyl sites for hydroxylation is 1. The summed E-state index contributed by atoms with van der Waals surface area (Å²) >= 11 is 6.28. The van der Waals surface area contributed by atoms with Crippen molar-refractivity contribution in [1.82, 2.24) is 34.8 Å². The minimum Gasteiger partial charge on any atom is -0.483 e. The van der Waals surface area contributed by atoms with Crippen LogP contribution < -0.4 is 21.7 Å². The Labute approximate surface area is 239 Å². The van der Waals surface area contributed by atoms with Gasteiger partial charge in [0.05, 0.1) is 41.1 Å². The number of nitrogens with zero attached hydrogens (tertiary/aromatic N) is 5. The number of benzene rings is 1. The first-order chi connectivity index (χ1) is 20.0. The number of nitrogens with one attached hydrogen (secondary N) is 3. The highest BCUT2D eigenvalue weighted by atomic mass is 35.5. The van der Waals surface area contributed by atoms with Crippen LogP contribution in [0.1, 0.15) is 16.1 Å². The van der Waals surface area contributed by atoms with Gasteiger partial charge in [0, 0.05) is 37.4 Å². The van der Waals surface area contributed by atoms with E-state index >= 15 is 0 Å². The molecule has 1 aromatic carbocycles. The molecule has 0 spiro atoms. The van der Waals surface area contributed by atoms with Crippen molar-refractivity contribution >= 4 is 47.0 Å². The second-order valence-electron chi connectivity index (χ2n) is 8.20. The summed E-state index contributed by atoms with van der Waals surface area (Å²) in [6, 6.07) is 4.42. The molecule has 42 heavy (non-hydrogen) atoms. The highest BCUT2D eigenvalue weighted by Gasteiger charge is 2.38. The summed E-state index contributed by atoms with van der Waals surface area (Å²) in [5.74, 6) is -0.779. The van der Waals surface area contributed by atoms with Gasteiger partial charge < -0.3 is 26.8 Å². The van der Waals surface area contributed by atoms with Gasteiger partial charge in [0.25, 0.3) is 12.4 Å². The number of carbonyl (C=O) groups excluding carboxylic acids is 2. The first-order valence-electron chi connectivity index (χ1n) is 12.0. The van der Waals surface area contributed by atoms with Gasteiger partial charge in [-0.1, -0.05) is 11.6 Å². The van der Waals surface area contributed by atoms with E-state index in [0.29, 0.717) is 5.69 Å². The molecule has 4 rings (SSSR count). The number of imidazole rings is 1. The molecule has 224 valence electrons. The number of halogens is 5. The number of aromatic nitrogens is 5. The first kappa shape index (κ1) is 31.8. The number of carbonyl (C=O) groups is 3. The van der Waals surface area contributed by atoms with E-state index in [0.717, 1.165) is 10.9 Å². The zero-order chi connectivity index (χ0) is 30.9. The lowest BCUT2D eigenvalue weighted by molar-refractivity contribution is -0.141. The van der Waals surface area contributed by atoms with Gasteiger partial charge in [-0.25, -0.2) is 14.4 Å². The van der Waals surface area contributed by atoms with Gasteiger partial charge in [0.2, 0.25) is 5.91 Å². The zero-order valence-corrected chi connectivity index (χ0v) is 22.3. The quantitative estimate of drug-likeness (QED) is 0.133. The Balaban J connectivity index is 0.00000155. The Bertz CT molecular complexity index is 1560. The van der Waals surface area contributed by atoms with Gasteiger partial charge in [0.1, 0.15) is 6.67 Å². The van der Waals surface area contributed by atoms with Crippen LogP contribution in [0.2, 0.25) is 5.02 Å². The number of carboxylic acid groups (broad SMARTS) is 1. The van der Waals surface area contributed by atoms with E-state index in [-0.39, 0.29) is 66.0 Å². The maximum absolute atomic E-state index is 13.6. The SMILES string of the molecule is NCCNC(=O)CNC(=O)c1ccc(Nc2nccn3c(-c4cn(CCF)nc4C(F)(F)F)cnc23)cc1Cl.O=CO. The Morgan fingerprint density at radius 2 is 1.93 bits per heavy atom. The molecule has 0 bridgehead atoms. The molecule has 2 amide bonds. The minimum absolute atomic E-state index is 0.0749.